The molecule has 6 nitrogen and oxygen atoms in total. The molecule has 32 heavy (non-hydrogen) atoms. The third-order valence-corrected chi connectivity index (χ3v) is 5.96. The van der Waals surface area contributed by atoms with Crippen LogP contribution in [0.5, 0.6) is 11.5 Å². The SMILES string of the molecule is COc1ccc(CCNCc2c(C(=O)O)c(C)n(Cc3cccc(Cl)c3)c2C)c(OC)c1. The van der Waals surface area contributed by atoms with Gasteiger partial charge < -0.3 is 24.5 Å². The van der Waals surface area contributed by atoms with Gasteiger partial charge in [0.05, 0.1) is 19.8 Å². The molecule has 0 aliphatic rings. The van der Waals surface area contributed by atoms with E-state index in [9.17, 15) is 9.90 Å². The number of methoxy groups -OCH3 is 2. The van der Waals surface area contributed by atoms with Crippen LogP contribution in [0.2, 0.25) is 5.02 Å². The molecule has 0 aliphatic heterocycles. The van der Waals surface area contributed by atoms with Gasteiger partial charge in [-0.3, -0.25) is 0 Å². The Hall–Kier alpha value is -2.96. The molecule has 0 fully saturated rings. The lowest BCUT2D eigenvalue weighted by Crippen LogP contribution is -2.19. The Bertz CT molecular complexity index is 1110. The standard InChI is InChI=1S/C25H29ClN2O4/c1-16-22(14-27-11-10-19-8-9-21(31-3)13-23(19)32-4)24(25(29)30)17(2)28(16)15-18-6-5-7-20(26)12-18/h5-9,12-13,27H,10-11,14-15H2,1-4H3,(H,29,30). The van der Waals surface area contributed by atoms with Gasteiger partial charge in [0.15, 0.2) is 0 Å². The summed E-state index contributed by atoms with van der Waals surface area (Å²) in [6.45, 7) is 5.54. The van der Waals surface area contributed by atoms with E-state index in [-0.39, 0.29) is 0 Å². The van der Waals surface area contributed by atoms with Crippen molar-refractivity contribution in [3.05, 3.63) is 81.1 Å². The first kappa shape index (κ1) is 23.7. The van der Waals surface area contributed by atoms with Gasteiger partial charge in [-0.2, -0.15) is 0 Å². The number of hydrogen-bond donors (Lipinski definition) is 2. The summed E-state index contributed by atoms with van der Waals surface area (Å²) in [5.41, 5.74) is 4.93. The summed E-state index contributed by atoms with van der Waals surface area (Å²) in [4.78, 5) is 12.0. The smallest absolute Gasteiger partial charge is 0.337 e. The number of benzene rings is 2. The van der Waals surface area contributed by atoms with Crippen molar-refractivity contribution < 1.29 is 19.4 Å². The highest BCUT2D eigenvalue weighted by Crippen LogP contribution is 2.26. The Morgan fingerprint density at radius 3 is 2.53 bits per heavy atom. The van der Waals surface area contributed by atoms with Gasteiger partial charge in [-0.05, 0) is 56.1 Å². The highest BCUT2D eigenvalue weighted by Gasteiger charge is 2.22. The summed E-state index contributed by atoms with van der Waals surface area (Å²) in [5, 5.41) is 13.9. The third-order valence-electron chi connectivity index (χ3n) is 5.72. The minimum absolute atomic E-state index is 0.360. The summed E-state index contributed by atoms with van der Waals surface area (Å²) in [7, 11) is 3.26. The second kappa shape index (κ2) is 10.6. The summed E-state index contributed by atoms with van der Waals surface area (Å²) >= 11 is 6.12. The molecule has 3 rings (SSSR count). The number of hydrogen-bond acceptors (Lipinski definition) is 4. The molecule has 1 heterocycles. The van der Waals surface area contributed by atoms with Gasteiger partial charge in [0.25, 0.3) is 0 Å². The molecule has 0 bridgehead atoms. The van der Waals surface area contributed by atoms with E-state index in [1.807, 2.05) is 60.9 Å². The normalized spacial score (nSPS) is 10.9. The molecule has 170 valence electrons. The number of carbonyl (C=O) groups is 1. The highest BCUT2D eigenvalue weighted by atomic mass is 35.5. The quantitative estimate of drug-likeness (QED) is 0.426. The van der Waals surface area contributed by atoms with Crippen LogP contribution < -0.4 is 14.8 Å². The van der Waals surface area contributed by atoms with Crippen LogP contribution in [0.3, 0.4) is 0 Å². The van der Waals surface area contributed by atoms with Crippen LogP contribution in [0.1, 0.15) is 38.4 Å². The van der Waals surface area contributed by atoms with Crippen LogP contribution in [-0.2, 0) is 19.5 Å². The van der Waals surface area contributed by atoms with Gasteiger partial charge in [0.1, 0.15) is 11.5 Å². The maximum Gasteiger partial charge on any atom is 0.337 e. The maximum atomic E-state index is 12.0. The summed E-state index contributed by atoms with van der Waals surface area (Å²) in [5.74, 6) is 0.609. The summed E-state index contributed by atoms with van der Waals surface area (Å²) in [6, 6.07) is 13.4. The van der Waals surface area contributed by atoms with Crippen molar-refractivity contribution in [3.8, 4) is 11.5 Å². The number of nitrogens with one attached hydrogen (secondary N) is 1. The molecule has 2 aromatic carbocycles. The second-order valence-corrected chi connectivity index (χ2v) is 8.09. The largest absolute Gasteiger partial charge is 0.497 e. The van der Waals surface area contributed by atoms with E-state index in [1.54, 1.807) is 14.2 Å². The average Bonchev–Trinajstić information content (AvgIpc) is 3.01. The number of carboxylic acid groups (broad SMARTS) is 1. The van der Waals surface area contributed by atoms with Crippen LogP contribution in [0.4, 0.5) is 0 Å². The Kier molecular flexibility index (Phi) is 7.83. The highest BCUT2D eigenvalue weighted by molar-refractivity contribution is 6.30. The monoisotopic (exact) mass is 456 g/mol. The molecule has 0 radical (unpaired) electrons. The van der Waals surface area contributed by atoms with Crippen LogP contribution in [0.25, 0.3) is 0 Å². The first-order valence-corrected chi connectivity index (χ1v) is 10.8. The van der Waals surface area contributed by atoms with Crippen LogP contribution >= 0.6 is 11.6 Å². The topological polar surface area (TPSA) is 72.7 Å². The number of ether oxygens (including phenoxy) is 2. The fourth-order valence-electron chi connectivity index (χ4n) is 4.00. The predicted octanol–water partition coefficient (Wildman–Crippen LogP) is 4.85. The van der Waals surface area contributed by atoms with E-state index in [0.717, 1.165) is 46.0 Å². The third kappa shape index (κ3) is 5.26. The molecule has 2 N–H and O–H groups in total. The predicted molar refractivity (Wildman–Crippen MR) is 126 cm³/mol. The van der Waals surface area contributed by atoms with Crippen molar-refractivity contribution in [2.45, 2.75) is 33.4 Å². The Balaban J connectivity index is 1.74. The molecule has 0 atom stereocenters. The van der Waals surface area contributed by atoms with Crippen molar-refractivity contribution in [3.63, 3.8) is 0 Å². The van der Waals surface area contributed by atoms with E-state index >= 15 is 0 Å². The van der Waals surface area contributed by atoms with E-state index in [4.69, 9.17) is 21.1 Å². The lowest BCUT2D eigenvalue weighted by atomic mass is 10.1. The minimum Gasteiger partial charge on any atom is -0.497 e. The zero-order valence-electron chi connectivity index (χ0n) is 18.9. The molecule has 0 amide bonds. The van der Waals surface area contributed by atoms with E-state index in [2.05, 4.69) is 5.32 Å². The average molecular weight is 457 g/mol. The summed E-state index contributed by atoms with van der Waals surface area (Å²) < 4.78 is 12.7. The van der Waals surface area contributed by atoms with Crippen molar-refractivity contribution in [2.24, 2.45) is 0 Å². The second-order valence-electron chi connectivity index (χ2n) is 7.65. The van der Waals surface area contributed by atoms with Gasteiger partial charge in [-0.25, -0.2) is 4.79 Å². The molecule has 3 aromatic rings. The van der Waals surface area contributed by atoms with Gasteiger partial charge in [-0.15, -0.1) is 0 Å². The molecule has 0 saturated heterocycles. The van der Waals surface area contributed by atoms with Crippen LogP contribution in [-0.4, -0.2) is 36.4 Å². The zero-order valence-corrected chi connectivity index (χ0v) is 19.6. The summed E-state index contributed by atoms with van der Waals surface area (Å²) in [6.07, 6.45) is 0.747. The van der Waals surface area contributed by atoms with Gasteiger partial charge in [0.2, 0.25) is 0 Å². The number of aromatic carboxylic acids is 1. The molecule has 0 unspecified atom stereocenters. The first-order chi connectivity index (χ1) is 15.3. The molecule has 1 aromatic heterocycles. The van der Waals surface area contributed by atoms with Crippen molar-refractivity contribution in [1.82, 2.24) is 9.88 Å². The fraction of sp³-hybridized carbons (Fsp3) is 0.320. The van der Waals surface area contributed by atoms with E-state index in [1.165, 1.54) is 0 Å². The number of aromatic nitrogens is 1. The molecular weight excluding hydrogens is 428 g/mol. The van der Waals surface area contributed by atoms with E-state index in [0.29, 0.717) is 30.2 Å². The minimum atomic E-state index is -0.913. The Morgan fingerprint density at radius 2 is 1.88 bits per heavy atom. The number of nitrogens with zero attached hydrogens (tertiary/aromatic N) is 1. The van der Waals surface area contributed by atoms with E-state index < -0.39 is 5.97 Å². The van der Waals surface area contributed by atoms with Crippen LogP contribution in [0, 0.1) is 13.8 Å². The lowest BCUT2D eigenvalue weighted by Gasteiger charge is -2.12. The van der Waals surface area contributed by atoms with Gasteiger partial charge >= 0.3 is 5.97 Å². The van der Waals surface area contributed by atoms with Crippen molar-refractivity contribution in [2.75, 3.05) is 20.8 Å². The zero-order chi connectivity index (χ0) is 23.3. The van der Waals surface area contributed by atoms with Gasteiger partial charge in [-0.1, -0.05) is 29.8 Å². The maximum absolute atomic E-state index is 12.0. The lowest BCUT2D eigenvalue weighted by molar-refractivity contribution is 0.0694. The molecule has 0 aliphatic carbocycles. The van der Waals surface area contributed by atoms with Crippen molar-refractivity contribution in [1.29, 1.82) is 0 Å². The first-order valence-electron chi connectivity index (χ1n) is 10.4. The molecule has 7 heteroatoms. The number of halogens is 1. The molecular formula is C25H29ClN2O4. The van der Waals surface area contributed by atoms with Crippen molar-refractivity contribution >= 4 is 17.6 Å². The fourth-order valence-corrected chi connectivity index (χ4v) is 4.21. The molecule has 0 saturated carbocycles. The molecule has 0 spiro atoms. The number of rotatable bonds is 10. The Labute approximate surface area is 193 Å². The Morgan fingerprint density at radius 1 is 1.09 bits per heavy atom. The van der Waals surface area contributed by atoms with Crippen LogP contribution in [0.15, 0.2) is 42.5 Å². The van der Waals surface area contributed by atoms with Gasteiger partial charge in [0, 0.05) is 41.1 Å². The number of carboxylic acids is 1.